The highest BCUT2D eigenvalue weighted by Crippen LogP contribution is 2.25. The van der Waals surface area contributed by atoms with Gasteiger partial charge in [-0.2, -0.15) is 0 Å². The Hall–Kier alpha value is -2.04. The Morgan fingerprint density at radius 3 is 2.46 bits per heavy atom. The Kier molecular flexibility index (Phi) is 6.53. The Morgan fingerprint density at radius 1 is 1.08 bits per heavy atom. The molecule has 2 aromatic rings. The fourth-order valence-corrected chi connectivity index (χ4v) is 3.42. The summed E-state index contributed by atoms with van der Waals surface area (Å²) in [5, 5.41) is 0.660. The van der Waals surface area contributed by atoms with Gasteiger partial charge in [0.15, 0.2) is 0 Å². The van der Waals surface area contributed by atoms with Gasteiger partial charge < -0.3 is 14.5 Å². The lowest BCUT2D eigenvalue weighted by Gasteiger charge is -2.24. The molecule has 3 rings (SSSR count). The molecule has 0 aliphatic carbocycles. The van der Waals surface area contributed by atoms with E-state index >= 15 is 0 Å². The van der Waals surface area contributed by atoms with Gasteiger partial charge in [-0.05, 0) is 36.1 Å². The maximum atomic E-state index is 12.4. The van der Waals surface area contributed by atoms with Crippen molar-refractivity contribution in [2.24, 2.45) is 0 Å². The number of amides is 1. The predicted octanol–water partition coefficient (Wildman–Crippen LogP) is 4.12. The molecule has 0 radical (unpaired) electrons. The molecule has 1 heterocycles. The zero-order valence-corrected chi connectivity index (χ0v) is 15.9. The number of para-hydroxylation sites is 1. The van der Waals surface area contributed by atoms with Crippen LogP contribution in [0.25, 0.3) is 0 Å². The summed E-state index contributed by atoms with van der Waals surface area (Å²) in [5.41, 5.74) is 3.31. The van der Waals surface area contributed by atoms with Crippen LogP contribution in [0.15, 0.2) is 48.5 Å². The summed E-state index contributed by atoms with van der Waals surface area (Å²) in [5.74, 6) is -0.0340. The van der Waals surface area contributed by atoms with E-state index < -0.39 is 0 Å². The first-order valence-corrected chi connectivity index (χ1v) is 9.41. The first-order valence-electron chi connectivity index (χ1n) is 9.03. The smallest absolute Gasteiger partial charge is 0.248 e. The number of nitrogens with zero attached hydrogens (tertiary/aromatic N) is 2. The van der Waals surface area contributed by atoms with Gasteiger partial charge in [-0.25, -0.2) is 0 Å². The average Bonchev–Trinajstić information content (AvgIpc) is 3.18. The van der Waals surface area contributed by atoms with Gasteiger partial charge in [-0.1, -0.05) is 48.0 Å². The van der Waals surface area contributed by atoms with Gasteiger partial charge >= 0.3 is 0 Å². The summed E-state index contributed by atoms with van der Waals surface area (Å²) in [6, 6.07) is 15.9. The number of carbonyl (C=O) groups is 1. The minimum Gasteiger partial charge on any atom is -0.371 e. The van der Waals surface area contributed by atoms with Crippen LogP contribution >= 0.6 is 11.6 Å². The highest BCUT2D eigenvalue weighted by atomic mass is 35.5. The van der Waals surface area contributed by atoms with Gasteiger partial charge in [-0.3, -0.25) is 4.79 Å². The number of likely N-dealkylation sites (N-methyl/N-ethyl adjacent to an activating group) is 1. The van der Waals surface area contributed by atoms with Crippen molar-refractivity contribution in [1.29, 1.82) is 0 Å². The largest absolute Gasteiger partial charge is 0.371 e. The quantitative estimate of drug-likeness (QED) is 0.733. The summed E-state index contributed by atoms with van der Waals surface area (Å²) in [7, 11) is 1.82. The van der Waals surface area contributed by atoms with Crippen LogP contribution in [-0.4, -0.2) is 37.6 Å². The van der Waals surface area contributed by atoms with Crippen molar-refractivity contribution >= 4 is 23.2 Å². The van der Waals surface area contributed by atoms with E-state index in [2.05, 4.69) is 23.1 Å². The highest BCUT2D eigenvalue weighted by molar-refractivity contribution is 6.31. The molecule has 1 amide bonds. The first-order chi connectivity index (χ1) is 12.6. The highest BCUT2D eigenvalue weighted by Gasteiger charge is 2.17. The molecule has 0 saturated carbocycles. The summed E-state index contributed by atoms with van der Waals surface area (Å²) >= 11 is 6.11. The zero-order chi connectivity index (χ0) is 18.4. The van der Waals surface area contributed by atoms with Crippen molar-refractivity contribution < 1.29 is 9.53 Å². The zero-order valence-electron chi connectivity index (χ0n) is 15.2. The Morgan fingerprint density at radius 2 is 1.73 bits per heavy atom. The van der Waals surface area contributed by atoms with Gasteiger partial charge in [0.2, 0.25) is 5.91 Å². The molecule has 0 bridgehead atoms. The number of halogens is 1. The molecule has 0 N–H and O–H groups in total. The van der Waals surface area contributed by atoms with E-state index in [1.54, 1.807) is 4.90 Å². The lowest BCUT2D eigenvalue weighted by atomic mass is 10.1. The Bertz CT molecular complexity index is 744. The van der Waals surface area contributed by atoms with Crippen LogP contribution in [0, 0.1) is 0 Å². The fourth-order valence-electron chi connectivity index (χ4n) is 3.23. The molecule has 138 valence electrons. The molecule has 0 aromatic heterocycles. The van der Waals surface area contributed by atoms with Gasteiger partial charge in [0, 0.05) is 37.4 Å². The van der Waals surface area contributed by atoms with E-state index in [0.29, 0.717) is 18.2 Å². The van der Waals surface area contributed by atoms with Crippen LogP contribution in [0.5, 0.6) is 0 Å². The van der Waals surface area contributed by atoms with Crippen molar-refractivity contribution in [1.82, 2.24) is 4.90 Å². The summed E-state index contributed by atoms with van der Waals surface area (Å²) in [6.07, 6.45) is 2.47. The molecule has 1 aliphatic heterocycles. The van der Waals surface area contributed by atoms with Gasteiger partial charge in [0.25, 0.3) is 0 Å². The Labute approximate surface area is 160 Å². The second-order valence-electron chi connectivity index (χ2n) is 6.66. The summed E-state index contributed by atoms with van der Waals surface area (Å²) < 4.78 is 5.57. The molecule has 1 fully saturated rings. The number of anilines is 1. The fraction of sp³-hybridized carbons (Fsp3) is 0.381. The third-order valence-electron chi connectivity index (χ3n) is 4.71. The van der Waals surface area contributed by atoms with Gasteiger partial charge in [-0.15, -0.1) is 0 Å². The van der Waals surface area contributed by atoms with Crippen LogP contribution < -0.4 is 4.90 Å². The Balaban J connectivity index is 1.54. The molecular formula is C21H25ClN2O2. The SMILES string of the molecule is CN(Cc1ccccc1N1CCCC1)C(=O)COCc1ccccc1Cl. The maximum absolute atomic E-state index is 12.4. The second-order valence-corrected chi connectivity index (χ2v) is 7.06. The maximum Gasteiger partial charge on any atom is 0.248 e. The molecule has 1 aliphatic rings. The van der Waals surface area contributed by atoms with Gasteiger partial charge in [0.1, 0.15) is 6.61 Å². The van der Waals surface area contributed by atoms with Gasteiger partial charge in [0.05, 0.1) is 6.61 Å². The van der Waals surface area contributed by atoms with E-state index in [1.165, 1.54) is 24.1 Å². The number of hydrogen-bond donors (Lipinski definition) is 0. The monoisotopic (exact) mass is 372 g/mol. The molecule has 5 heteroatoms. The molecule has 0 spiro atoms. The second kappa shape index (κ2) is 9.06. The van der Waals surface area contributed by atoms with Crippen LogP contribution in [0.4, 0.5) is 5.69 Å². The minimum atomic E-state index is -0.0340. The normalized spacial score (nSPS) is 13.8. The summed E-state index contributed by atoms with van der Waals surface area (Å²) in [6.45, 7) is 3.16. The van der Waals surface area contributed by atoms with E-state index in [-0.39, 0.29) is 12.5 Å². The standard InChI is InChI=1S/C21H25ClN2O2/c1-23(21(25)16-26-15-18-9-2-4-10-19(18)22)14-17-8-3-5-11-20(17)24-12-6-7-13-24/h2-5,8-11H,6-7,12-16H2,1H3. The van der Waals surface area contributed by atoms with Crippen molar-refractivity contribution in [3.05, 3.63) is 64.7 Å². The number of hydrogen-bond acceptors (Lipinski definition) is 3. The number of carbonyl (C=O) groups excluding carboxylic acids is 1. The lowest BCUT2D eigenvalue weighted by Crippen LogP contribution is -2.31. The van der Waals surface area contributed by atoms with Crippen LogP contribution in [-0.2, 0) is 22.7 Å². The summed E-state index contributed by atoms with van der Waals surface area (Å²) in [4.78, 5) is 16.5. The molecule has 0 unspecified atom stereocenters. The van der Waals surface area contributed by atoms with Crippen LogP contribution in [0.2, 0.25) is 5.02 Å². The van der Waals surface area contributed by atoms with E-state index in [4.69, 9.17) is 16.3 Å². The topological polar surface area (TPSA) is 32.8 Å². The van der Waals surface area contributed by atoms with Crippen molar-refractivity contribution in [3.63, 3.8) is 0 Å². The predicted molar refractivity (Wildman–Crippen MR) is 105 cm³/mol. The molecule has 4 nitrogen and oxygen atoms in total. The number of ether oxygens (including phenoxy) is 1. The third-order valence-corrected chi connectivity index (χ3v) is 5.08. The number of benzene rings is 2. The molecule has 0 atom stereocenters. The van der Waals surface area contributed by atoms with E-state index in [1.807, 2.05) is 37.4 Å². The molecular weight excluding hydrogens is 348 g/mol. The van der Waals surface area contributed by atoms with E-state index in [9.17, 15) is 4.79 Å². The third kappa shape index (κ3) is 4.77. The van der Waals surface area contributed by atoms with Crippen molar-refractivity contribution in [3.8, 4) is 0 Å². The van der Waals surface area contributed by atoms with Crippen LogP contribution in [0.3, 0.4) is 0 Å². The molecule has 2 aromatic carbocycles. The first kappa shape index (κ1) is 18.7. The number of rotatable bonds is 7. The lowest BCUT2D eigenvalue weighted by molar-refractivity contribution is -0.135. The molecule has 1 saturated heterocycles. The average molecular weight is 373 g/mol. The minimum absolute atomic E-state index is 0.0340. The van der Waals surface area contributed by atoms with Crippen LogP contribution in [0.1, 0.15) is 24.0 Å². The van der Waals surface area contributed by atoms with E-state index in [0.717, 1.165) is 18.7 Å². The van der Waals surface area contributed by atoms with Crippen molar-refractivity contribution in [2.75, 3.05) is 31.6 Å². The molecule has 26 heavy (non-hydrogen) atoms. The van der Waals surface area contributed by atoms with Crippen molar-refractivity contribution in [2.45, 2.75) is 26.0 Å².